The van der Waals surface area contributed by atoms with Crippen molar-refractivity contribution in [2.75, 3.05) is 13.2 Å². The smallest absolute Gasteiger partial charge is 0.258 e. The first-order valence-corrected chi connectivity index (χ1v) is 9.18. The number of hydrogen-bond acceptors (Lipinski definition) is 3. The lowest BCUT2D eigenvalue weighted by molar-refractivity contribution is -0.123. The molecule has 25 heavy (non-hydrogen) atoms. The van der Waals surface area contributed by atoms with Gasteiger partial charge in [-0.1, -0.05) is 31.2 Å². The molecule has 1 amide bonds. The Labute approximate surface area is 157 Å². The van der Waals surface area contributed by atoms with E-state index in [1.807, 2.05) is 56.3 Å². The first-order valence-electron chi connectivity index (χ1n) is 8.38. The van der Waals surface area contributed by atoms with Crippen LogP contribution in [0.5, 0.6) is 11.5 Å². The summed E-state index contributed by atoms with van der Waals surface area (Å²) in [7, 11) is 0. The summed E-state index contributed by atoms with van der Waals surface area (Å²) in [4.78, 5) is 12.0. The molecule has 2 aromatic carbocycles. The van der Waals surface area contributed by atoms with Gasteiger partial charge in [-0.25, -0.2) is 0 Å². The maximum atomic E-state index is 12.0. The molecule has 0 spiro atoms. The maximum Gasteiger partial charge on any atom is 0.258 e. The van der Waals surface area contributed by atoms with Crippen molar-refractivity contribution in [3.8, 4) is 11.5 Å². The lowest BCUT2D eigenvalue weighted by atomic mass is 10.2. The van der Waals surface area contributed by atoms with Crippen LogP contribution in [0, 0.1) is 6.92 Å². The van der Waals surface area contributed by atoms with Gasteiger partial charge in [0.05, 0.1) is 10.5 Å². The molecule has 0 radical (unpaired) electrons. The number of rotatable bonds is 8. The number of carbonyl (C=O) groups is 1. The molecule has 0 bridgehead atoms. The fraction of sp³-hybridized carbons (Fsp3) is 0.350. The zero-order valence-electron chi connectivity index (χ0n) is 14.8. The van der Waals surface area contributed by atoms with Crippen LogP contribution in [-0.4, -0.2) is 25.2 Å². The summed E-state index contributed by atoms with van der Waals surface area (Å²) < 4.78 is 12.2. The molecule has 0 aliphatic rings. The van der Waals surface area contributed by atoms with Crippen molar-refractivity contribution in [2.24, 2.45) is 0 Å². The van der Waals surface area contributed by atoms with Gasteiger partial charge in [0.15, 0.2) is 6.61 Å². The van der Waals surface area contributed by atoms with E-state index in [4.69, 9.17) is 9.47 Å². The minimum Gasteiger partial charge on any atom is -0.491 e. The van der Waals surface area contributed by atoms with E-state index in [2.05, 4.69) is 28.2 Å². The summed E-state index contributed by atoms with van der Waals surface area (Å²) in [5, 5.41) is 2.88. The number of carbonyl (C=O) groups excluding carboxylic acids is 1. The molecule has 5 heteroatoms. The van der Waals surface area contributed by atoms with Crippen molar-refractivity contribution in [3.63, 3.8) is 0 Å². The lowest BCUT2D eigenvalue weighted by Gasteiger charge is -2.16. The van der Waals surface area contributed by atoms with E-state index in [0.29, 0.717) is 12.4 Å². The molecule has 2 aromatic rings. The van der Waals surface area contributed by atoms with Crippen molar-refractivity contribution in [3.05, 3.63) is 58.1 Å². The second-order valence-electron chi connectivity index (χ2n) is 5.95. The molecule has 1 N–H and O–H groups in total. The van der Waals surface area contributed by atoms with Crippen molar-refractivity contribution in [1.82, 2.24) is 5.32 Å². The molecule has 4 nitrogen and oxygen atoms in total. The summed E-state index contributed by atoms with van der Waals surface area (Å²) in [5.74, 6) is 1.32. The number of para-hydroxylation sites is 1. The van der Waals surface area contributed by atoms with Gasteiger partial charge in [0.25, 0.3) is 5.91 Å². The monoisotopic (exact) mass is 405 g/mol. The van der Waals surface area contributed by atoms with Crippen LogP contribution in [0.2, 0.25) is 0 Å². The van der Waals surface area contributed by atoms with Crippen molar-refractivity contribution in [2.45, 2.75) is 33.2 Å². The Hall–Kier alpha value is -2.01. The predicted octanol–water partition coefficient (Wildman–Crippen LogP) is 4.28. The maximum absolute atomic E-state index is 12.0. The molecule has 0 aromatic heterocycles. The third-order valence-corrected chi connectivity index (χ3v) is 4.37. The molecule has 134 valence electrons. The van der Waals surface area contributed by atoms with Crippen molar-refractivity contribution < 1.29 is 14.3 Å². The summed E-state index contributed by atoms with van der Waals surface area (Å²) in [5.41, 5.74) is 2.29. The molecule has 1 atom stereocenters. The van der Waals surface area contributed by atoms with Gasteiger partial charge < -0.3 is 14.8 Å². The van der Waals surface area contributed by atoms with Gasteiger partial charge in [0.2, 0.25) is 0 Å². The highest BCUT2D eigenvalue weighted by Crippen LogP contribution is 2.26. The van der Waals surface area contributed by atoms with Gasteiger partial charge >= 0.3 is 0 Å². The van der Waals surface area contributed by atoms with Crippen LogP contribution >= 0.6 is 15.9 Å². The zero-order chi connectivity index (χ0) is 18.2. The van der Waals surface area contributed by atoms with Gasteiger partial charge in [-0.2, -0.15) is 0 Å². The first-order chi connectivity index (χ1) is 12.0. The highest BCUT2D eigenvalue weighted by atomic mass is 79.9. The average Bonchev–Trinajstić information content (AvgIpc) is 2.60. The second-order valence-corrected chi connectivity index (χ2v) is 6.81. The quantitative estimate of drug-likeness (QED) is 0.712. The summed E-state index contributed by atoms with van der Waals surface area (Å²) in [6.45, 7) is 6.37. The average molecular weight is 406 g/mol. The number of hydrogen-bond donors (Lipinski definition) is 1. The van der Waals surface area contributed by atoms with Crippen molar-refractivity contribution in [1.29, 1.82) is 0 Å². The summed E-state index contributed by atoms with van der Waals surface area (Å²) >= 11 is 3.47. The highest BCUT2D eigenvalue weighted by molar-refractivity contribution is 9.10. The number of nitrogens with one attached hydrogen (secondary N) is 1. The molecule has 0 aliphatic heterocycles. The van der Waals surface area contributed by atoms with E-state index in [1.54, 1.807) is 0 Å². The Balaban J connectivity index is 1.77. The Bertz CT molecular complexity index is 718. The van der Waals surface area contributed by atoms with Crippen LogP contribution in [0.25, 0.3) is 0 Å². The topological polar surface area (TPSA) is 47.6 Å². The SMILES string of the molecule is CCc1ccc(OCC(=O)N[C@H](C)COc2ccccc2C)c(Br)c1. The van der Waals surface area contributed by atoms with Crippen LogP contribution in [-0.2, 0) is 11.2 Å². The van der Waals surface area contributed by atoms with E-state index in [1.165, 1.54) is 5.56 Å². The predicted molar refractivity (Wildman–Crippen MR) is 103 cm³/mol. The van der Waals surface area contributed by atoms with Crippen LogP contribution in [0.4, 0.5) is 0 Å². The van der Waals surface area contributed by atoms with E-state index in [0.717, 1.165) is 22.2 Å². The van der Waals surface area contributed by atoms with Crippen LogP contribution < -0.4 is 14.8 Å². The molecule has 0 saturated carbocycles. The number of halogens is 1. The second kappa shape index (κ2) is 9.47. The van der Waals surface area contributed by atoms with Crippen LogP contribution in [0.3, 0.4) is 0 Å². The molecule has 0 fully saturated rings. The van der Waals surface area contributed by atoms with E-state index < -0.39 is 0 Å². The van der Waals surface area contributed by atoms with Gasteiger partial charge in [0, 0.05) is 0 Å². The molecular formula is C20H24BrNO3. The molecule has 0 unspecified atom stereocenters. The molecule has 0 aliphatic carbocycles. The normalized spacial score (nSPS) is 11.7. The van der Waals surface area contributed by atoms with Crippen LogP contribution in [0.15, 0.2) is 46.9 Å². The Morgan fingerprint density at radius 3 is 2.60 bits per heavy atom. The third-order valence-electron chi connectivity index (χ3n) is 3.75. The largest absolute Gasteiger partial charge is 0.491 e. The standard InChI is InChI=1S/C20H24BrNO3/c1-4-16-9-10-19(17(21)11-16)25-13-20(23)22-15(3)12-24-18-8-6-5-7-14(18)2/h5-11,15H,4,12-13H2,1-3H3,(H,22,23)/t15-/m1/s1. The van der Waals surface area contributed by atoms with Gasteiger partial charge in [-0.3, -0.25) is 4.79 Å². The van der Waals surface area contributed by atoms with Gasteiger partial charge in [-0.15, -0.1) is 0 Å². The first kappa shape index (κ1) is 19.3. The molecular weight excluding hydrogens is 382 g/mol. The zero-order valence-corrected chi connectivity index (χ0v) is 16.4. The van der Waals surface area contributed by atoms with Gasteiger partial charge in [0.1, 0.15) is 18.1 Å². The number of aryl methyl sites for hydroxylation is 2. The fourth-order valence-electron chi connectivity index (χ4n) is 2.32. The molecule has 0 saturated heterocycles. The van der Waals surface area contributed by atoms with Crippen molar-refractivity contribution >= 4 is 21.8 Å². The lowest BCUT2D eigenvalue weighted by Crippen LogP contribution is -2.39. The Morgan fingerprint density at radius 1 is 1.16 bits per heavy atom. The van der Waals surface area contributed by atoms with Gasteiger partial charge in [-0.05, 0) is 65.5 Å². The minimum atomic E-state index is -0.174. The van der Waals surface area contributed by atoms with E-state index >= 15 is 0 Å². The summed E-state index contributed by atoms with van der Waals surface area (Å²) in [6, 6.07) is 13.6. The Kier molecular flexibility index (Phi) is 7.31. The molecule has 2 rings (SSSR count). The third kappa shape index (κ3) is 6.09. The number of amides is 1. The number of benzene rings is 2. The number of ether oxygens (including phenoxy) is 2. The minimum absolute atomic E-state index is 0.0290. The summed E-state index contributed by atoms with van der Waals surface area (Å²) in [6.07, 6.45) is 0.956. The Morgan fingerprint density at radius 2 is 1.92 bits per heavy atom. The van der Waals surface area contributed by atoms with Crippen LogP contribution in [0.1, 0.15) is 25.0 Å². The molecule has 0 heterocycles. The fourth-order valence-corrected chi connectivity index (χ4v) is 2.86. The van der Waals surface area contributed by atoms with E-state index in [-0.39, 0.29) is 18.6 Å². The highest BCUT2D eigenvalue weighted by Gasteiger charge is 2.11. The van der Waals surface area contributed by atoms with E-state index in [9.17, 15) is 4.79 Å².